The maximum atomic E-state index is 13.8. The van der Waals surface area contributed by atoms with E-state index in [1.807, 2.05) is 19.1 Å². The Morgan fingerprint density at radius 2 is 2.00 bits per heavy atom. The van der Waals surface area contributed by atoms with Gasteiger partial charge in [0.25, 0.3) is 5.69 Å². The molecule has 0 spiro atoms. The Morgan fingerprint density at radius 1 is 1.24 bits per heavy atom. The molecular formula is C15H15FN2O3. The first-order chi connectivity index (χ1) is 10.1. The van der Waals surface area contributed by atoms with Crippen molar-refractivity contribution >= 4 is 5.69 Å². The number of nitrogens with one attached hydrogen (secondary N) is 1. The van der Waals surface area contributed by atoms with Crippen LogP contribution in [0, 0.1) is 15.9 Å². The van der Waals surface area contributed by atoms with Gasteiger partial charge in [-0.2, -0.15) is 0 Å². The van der Waals surface area contributed by atoms with Crippen LogP contribution < -0.4 is 10.1 Å². The highest BCUT2D eigenvalue weighted by Gasteiger charge is 2.13. The lowest BCUT2D eigenvalue weighted by molar-refractivity contribution is -0.385. The molecule has 0 saturated carbocycles. The monoisotopic (exact) mass is 290 g/mol. The van der Waals surface area contributed by atoms with E-state index in [9.17, 15) is 14.5 Å². The molecule has 0 unspecified atom stereocenters. The molecule has 0 saturated heterocycles. The molecule has 2 aromatic carbocycles. The number of nitro benzene ring substituents is 1. The van der Waals surface area contributed by atoms with Crippen LogP contribution in [0.3, 0.4) is 0 Å². The summed E-state index contributed by atoms with van der Waals surface area (Å²) < 4.78 is 19.4. The van der Waals surface area contributed by atoms with Crippen molar-refractivity contribution in [1.82, 2.24) is 5.32 Å². The smallest absolute Gasteiger partial charge is 0.272 e. The normalized spacial score (nSPS) is 10.4. The second kappa shape index (κ2) is 6.81. The van der Waals surface area contributed by atoms with Crippen molar-refractivity contribution in [3.63, 3.8) is 0 Å². The van der Waals surface area contributed by atoms with Gasteiger partial charge in [0.2, 0.25) is 0 Å². The minimum Gasteiger partial charge on any atom is -0.454 e. The zero-order chi connectivity index (χ0) is 15.2. The maximum absolute atomic E-state index is 13.8. The van der Waals surface area contributed by atoms with Gasteiger partial charge < -0.3 is 10.1 Å². The molecule has 0 radical (unpaired) electrons. The average molecular weight is 290 g/mol. The number of nitro groups is 1. The molecule has 5 nitrogen and oxygen atoms in total. The zero-order valence-corrected chi connectivity index (χ0v) is 11.5. The molecule has 0 aromatic heterocycles. The first kappa shape index (κ1) is 14.9. The van der Waals surface area contributed by atoms with Gasteiger partial charge in [0.1, 0.15) is 5.75 Å². The summed E-state index contributed by atoms with van der Waals surface area (Å²) in [7, 11) is 0. The third-order valence-corrected chi connectivity index (χ3v) is 2.88. The van der Waals surface area contributed by atoms with E-state index in [1.165, 1.54) is 12.1 Å². The number of hydrogen-bond donors (Lipinski definition) is 1. The molecule has 0 heterocycles. The molecule has 1 N–H and O–H groups in total. The van der Waals surface area contributed by atoms with Crippen molar-refractivity contribution in [3.8, 4) is 11.5 Å². The van der Waals surface area contributed by atoms with Gasteiger partial charge >= 0.3 is 0 Å². The molecule has 2 aromatic rings. The number of benzene rings is 2. The van der Waals surface area contributed by atoms with Gasteiger partial charge in [0.15, 0.2) is 11.6 Å². The Bertz CT molecular complexity index is 647. The fourth-order valence-corrected chi connectivity index (χ4v) is 1.81. The highest BCUT2D eigenvalue weighted by atomic mass is 19.1. The van der Waals surface area contributed by atoms with Crippen LogP contribution in [-0.4, -0.2) is 11.5 Å². The third-order valence-electron chi connectivity index (χ3n) is 2.88. The summed E-state index contributed by atoms with van der Waals surface area (Å²) in [6.07, 6.45) is 0. The number of ether oxygens (including phenoxy) is 1. The van der Waals surface area contributed by atoms with Crippen LogP contribution in [0.5, 0.6) is 11.5 Å². The summed E-state index contributed by atoms with van der Waals surface area (Å²) >= 11 is 0. The van der Waals surface area contributed by atoms with Crippen molar-refractivity contribution in [2.75, 3.05) is 6.54 Å². The summed E-state index contributed by atoms with van der Waals surface area (Å²) in [6, 6.07) is 10.6. The second-order valence-corrected chi connectivity index (χ2v) is 4.36. The molecule has 110 valence electrons. The number of rotatable bonds is 6. The van der Waals surface area contributed by atoms with Crippen LogP contribution in [0.25, 0.3) is 0 Å². The van der Waals surface area contributed by atoms with Crippen LogP contribution in [0.4, 0.5) is 10.1 Å². The largest absolute Gasteiger partial charge is 0.454 e. The molecule has 2 rings (SSSR count). The first-order valence-electron chi connectivity index (χ1n) is 6.52. The van der Waals surface area contributed by atoms with Gasteiger partial charge in [-0.3, -0.25) is 10.1 Å². The van der Waals surface area contributed by atoms with Gasteiger partial charge in [-0.05, 0) is 18.7 Å². The highest BCUT2D eigenvalue weighted by molar-refractivity contribution is 5.42. The van der Waals surface area contributed by atoms with E-state index in [0.29, 0.717) is 12.3 Å². The van der Waals surface area contributed by atoms with Crippen molar-refractivity contribution in [3.05, 3.63) is 64.0 Å². The van der Waals surface area contributed by atoms with E-state index in [-0.39, 0.29) is 11.4 Å². The number of nitrogens with zero attached hydrogens (tertiary/aromatic N) is 1. The Kier molecular flexibility index (Phi) is 4.84. The second-order valence-electron chi connectivity index (χ2n) is 4.36. The Hall–Kier alpha value is -2.47. The molecule has 0 fully saturated rings. The van der Waals surface area contributed by atoms with E-state index in [0.717, 1.165) is 18.2 Å². The van der Waals surface area contributed by atoms with Gasteiger partial charge in [-0.25, -0.2) is 4.39 Å². The molecule has 0 aliphatic heterocycles. The first-order valence-corrected chi connectivity index (χ1v) is 6.52. The van der Waals surface area contributed by atoms with Crippen LogP contribution in [0.1, 0.15) is 12.5 Å². The minimum absolute atomic E-state index is 0.0375. The minimum atomic E-state index is -0.762. The predicted molar refractivity (Wildman–Crippen MR) is 77.0 cm³/mol. The van der Waals surface area contributed by atoms with E-state index >= 15 is 0 Å². The van der Waals surface area contributed by atoms with Crippen LogP contribution in [0.2, 0.25) is 0 Å². The predicted octanol–water partition coefficient (Wildman–Crippen LogP) is 3.64. The standard InChI is InChI=1S/C15H15FN2O3/c1-2-17-10-11-5-3-4-6-14(11)21-15-8-7-12(18(19)20)9-13(15)16/h3-9,17H,2,10H2,1H3. The lowest BCUT2D eigenvalue weighted by Gasteiger charge is -2.11. The summed E-state index contributed by atoms with van der Waals surface area (Å²) in [6.45, 7) is 3.39. The fraction of sp³-hybridized carbons (Fsp3) is 0.200. The summed E-state index contributed by atoms with van der Waals surface area (Å²) in [5, 5.41) is 13.8. The van der Waals surface area contributed by atoms with Gasteiger partial charge in [0, 0.05) is 18.2 Å². The molecule has 0 aliphatic rings. The number of halogens is 1. The molecule has 0 amide bonds. The van der Waals surface area contributed by atoms with Crippen molar-refractivity contribution in [1.29, 1.82) is 0 Å². The summed E-state index contributed by atoms with van der Waals surface area (Å²) in [5.41, 5.74) is 0.581. The van der Waals surface area contributed by atoms with Crippen molar-refractivity contribution in [2.45, 2.75) is 13.5 Å². The fourth-order valence-electron chi connectivity index (χ4n) is 1.81. The summed E-state index contributed by atoms with van der Waals surface area (Å²) in [4.78, 5) is 9.94. The van der Waals surface area contributed by atoms with E-state index in [4.69, 9.17) is 4.74 Å². The van der Waals surface area contributed by atoms with E-state index < -0.39 is 10.7 Å². The van der Waals surface area contributed by atoms with Gasteiger partial charge in [-0.15, -0.1) is 0 Å². The van der Waals surface area contributed by atoms with Crippen LogP contribution in [0.15, 0.2) is 42.5 Å². The van der Waals surface area contributed by atoms with E-state index in [1.54, 1.807) is 12.1 Å². The quantitative estimate of drug-likeness (QED) is 0.651. The van der Waals surface area contributed by atoms with Crippen LogP contribution in [-0.2, 0) is 6.54 Å². The highest BCUT2D eigenvalue weighted by Crippen LogP contribution is 2.29. The Labute approximate surface area is 121 Å². The molecule has 0 aliphatic carbocycles. The molecule has 0 atom stereocenters. The Balaban J connectivity index is 2.24. The molecule has 21 heavy (non-hydrogen) atoms. The van der Waals surface area contributed by atoms with E-state index in [2.05, 4.69) is 5.32 Å². The van der Waals surface area contributed by atoms with Gasteiger partial charge in [-0.1, -0.05) is 25.1 Å². The SMILES string of the molecule is CCNCc1ccccc1Oc1ccc([N+](=O)[O-])cc1F. The number of para-hydroxylation sites is 1. The van der Waals surface area contributed by atoms with Crippen LogP contribution >= 0.6 is 0 Å². The maximum Gasteiger partial charge on any atom is 0.272 e. The summed E-state index contributed by atoms with van der Waals surface area (Å²) in [5.74, 6) is -0.279. The Morgan fingerprint density at radius 3 is 2.67 bits per heavy atom. The molecular weight excluding hydrogens is 275 g/mol. The lowest BCUT2D eigenvalue weighted by atomic mass is 10.2. The third kappa shape index (κ3) is 3.76. The zero-order valence-electron chi connectivity index (χ0n) is 11.5. The van der Waals surface area contributed by atoms with Gasteiger partial charge in [0.05, 0.1) is 11.0 Å². The topological polar surface area (TPSA) is 64.4 Å². The number of hydrogen-bond acceptors (Lipinski definition) is 4. The number of non-ortho nitro benzene ring substituents is 1. The van der Waals surface area contributed by atoms with Crippen molar-refractivity contribution in [2.24, 2.45) is 0 Å². The van der Waals surface area contributed by atoms with Crippen molar-refractivity contribution < 1.29 is 14.1 Å². The molecule has 6 heteroatoms. The average Bonchev–Trinajstić information content (AvgIpc) is 2.48. The lowest BCUT2D eigenvalue weighted by Crippen LogP contribution is -2.12. The molecule has 0 bridgehead atoms.